The lowest BCUT2D eigenvalue weighted by Gasteiger charge is -2.13. The van der Waals surface area contributed by atoms with Crippen molar-refractivity contribution in [3.63, 3.8) is 0 Å². The molecule has 0 aliphatic rings. The molecule has 1 N–H and O–H groups in total. The van der Waals surface area contributed by atoms with Gasteiger partial charge in [-0.3, -0.25) is 10.1 Å². The lowest BCUT2D eigenvalue weighted by Crippen LogP contribution is -2.13. The molecule has 3 aromatic rings. The lowest BCUT2D eigenvalue weighted by atomic mass is 9.91. The number of hydrogen-bond donors (Lipinski definition) is 1. The second-order valence-corrected chi connectivity index (χ2v) is 6.01. The molecule has 1 aromatic heterocycles. The second-order valence-electron chi connectivity index (χ2n) is 5.13. The van der Waals surface area contributed by atoms with Crippen molar-refractivity contribution in [2.24, 2.45) is 0 Å². The van der Waals surface area contributed by atoms with Crippen molar-refractivity contribution in [3.8, 4) is 0 Å². The summed E-state index contributed by atoms with van der Waals surface area (Å²) in [7, 11) is 0. The normalized spacial score (nSPS) is 12.4. The molecule has 112 valence electrons. The van der Waals surface area contributed by atoms with Gasteiger partial charge in [-0.25, -0.2) is 0 Å². The van der Waals surface area contributed by atoms with Crippen molar-refractivity contribution in [2.75, 3.05) is 12.8 Å². The summed E-state index contributed by atoms with van der Waals surface area (Å²) < 4.78 is 0. The number of H-pyrrole nitrogens is 1. The van der Waals surface area contributed by atoms with Crippen LogP contribution in [-0.2, 0) is 0 Å². The molecular weight excluding hydrogens is 296 g/mol. The van der Waals surface area contributed by atoms with Gasteiger partial charge in [0.1, 0.15) is 0 Å². The molecular formula is C17H16N2O2S. The Morgan fingerprint density at radius 3 is 2.59 bits per heavy atom. The number of nitrogens with one attached hydrogen (secondary N) is 1. The van der Waals surface area contributed by atoms with Crippen LogP contribution in [0.4, 0.5) is 0 Å². The van der Waals surface area contributed by atoms with Crippen molar-refractivity contribution in [1.82, 2.24) is 4.98 Å². The molecule has 5 heteroatoms. The third kappa shape index (κ3) is 2.85. The fourth-order valence-corrected chi connectivity index (χ4v) is 3.16. The largest absolute Gasteiger partial charge is 0.361 e. The molecule has 0 bridgehead atoms. The first kappa shape index (κ1) is 14.7. The van der Waals surface area contributed by atoms with E-state index in [-0.39, 0.29) is 17.4 Å². The van der Waals surface area contributed by atoms with Crippen LogP contribution in [0.5, 0.6) is 0 Å². The molecule has 1 heterocycles. The van der Waals surface area contributed by atoms with Crippen LogP contribution in [0.25, 0.3) is 10.9 Å². The van der Waals surface area contributed by atoms with Crippen molar-refractivity contribution in [2.45, 2.75) is 10.8 Å². The van der Waals surface area contributed by atoms with E-state index >= 15 is 0 Å². The Morgan fingerprint density at radius 1 is 1.18 bits per heavy atom. The fraction of sp³-hybridized carbons (Fsp3) is 0.176. The lowest BCUT2D eigenvalue weighted by molar-refractivity contribution is -0.481. The van der Waals surface area contributed by atoms with Gasteiger partial charge in [-0.15, -0.1) is 11.8 Å². The van der Waals surface area contributed by atoms with Gasteiger partial charge in [-0.2, -0.15) is 0 Å². The standard InChI is InChI=1S/C17H16N2O2S/c1-22-13-8-6-12(7-9-13)16(11-19(20)21)15-10-18-17-5-3-2-4-14(15)17/h2-10,16,18H,11H2,1H3/t16-/m1/s1. The summed E-state index contributed by atoms with van der Waals surface area (Å²) in [4.78, 5) is 15.3. The Balaban J connectivity index is 2.07. The molecule has 22 heavy (non-hydrogen) atoms. The van der Waals surface area contributed by atoms with Crippen LogP contribution in [0, 0.1) is 10.1 Å². The van der Waals surface area contributed by atoms with Gasteiger partial charge in [0.05, 0.1) is 5.92 Å². The molecule has 0 amide bonds. The van der Waals surface area contributed by atoms with Gasteiger partial charge in [0.25, 0.3) is 0 Å². The van der Waals surface area contributed by atoms with E-state index in [0.717, 1.165) is 26.9 Å². The van der Waals surface area contributed by atoms with E-state index in [2.05, 4.69) is 4.98 Å². The summed E-state index contributed by atoms with van der Waals surface area (Å²) in [6.07, 6.45) is 3.91. The maximum atomic E-state index is 11.1. The topological polar surface area (TPSA) is 58.9 Å². The van der Waals surface area contributed by atoms with Crippen LogP contribution < -0.4 is 0 Å². The minimum Gasteiger partial charge on any atom is -0.361 e. The molecule has 3 rings (SSSR count). The van der Waals surface area contributed by atoms with Crippen LogP contribution >= 0.6 is 11.8 Å². The van der Waals surface area contributed by atoms with Crippen LogP contribution in [0.3, 0.4) is 0 Å². The Kier molecular flexibility index (Phi) is 4.15. The van der Waals surface area contributed by atoms with E-state index in [1.54, 1.807) is 11.8 Å². The van der Waals surface area contributed by atoms with Gasteiger partial charge in [-0.1, -0.05) is 30.3 Å². The second kappa shape index (κ2) is 6.23. The van der Waals surface area contributed by atoms with E-state index in [0.29, 0.717) is 0 Å². The maximum absolute atomic E-state index is 11.1. The number of aromatic amines is 1. The van der Waals surface area contributed by atoms with Crippen LogP contribution in [-0.4, -0.2) is 22.7 Å². The highest BCUT2D eigenvalue weighted by molar-refractivity contribution is 7.98. The summed E-state index contributed by atoms with van der Waals surface area (Å²) in [6.45, 7) is -0.111. The first-order chi connectivity index (χ1) is 10.7. The maximum Gasteiger partial charge on any atom is 0.214 e. The van der Waals surface area contributed by atoms with Gasteiger partial charge in [-0.05, 0) is 35.6 Å². The van der Waals surface area contributed by atoms with Crippen LogP contribution in [0.1, 0.15) is 17.0 Å². The Hall–Kier alpha value is -2.27. The summed E-state index contributed by atoms with van der Waals surface area (Å²) in [6, 6.07) is 15.9. The van der Waals surface area contributed by atoms with Crippen molar-refractivity contribution < 1.29 is 4.92 Å². The molecule has 0 aliphatic carbocycles. The molecule has 0 spiro atoms. The van der Waals surface area contributed by atoms with E-state index in [4.69, 9.17) is 0 Å². The SMILES string of the molecule is CSc1ccc([C@@H](C[N+](=O)[O-])c2c[nH]c3ccccc23)cc1. The zero-order chi connectivity index (χ0) is 15.5. The number of thioether (sulfide) groups is 1. The number of fused-ring (bicyclic) bond motifs is 1. The van der Waals surface area contributed by atoms with Crippen LogP contribution in [0.2, 0.25) is 0 Å². The van der Waals surface area contributed by atoms with Gasteiger partial charge >= 0.3 is 0 Å². The third-order valence-corrected chi connectivity index (χ3v) is 4.59. The molecule has 1 atom stereocenters. The number of para-hydroxylation sites is 1. The number of benzene rings is 2. The molecule has 0 fully saturated rings. The molecule has 0 radical (unpaired) electrons. The molecule has 0 saturated heterocycles. The Morgan fingerprint density at radius 2 is 1.91 bits per heavy atom. The summed E-state index contributed by atoms with van der Waals surface area (Å²) in [5.74, 6) is -0.248. The quantitative estimate of drug-likeness (QED) is 0.434. The smallest absolute Gasteiger partial charge is 0.214 e. The summed E-state index contributed by atoms with van der Waals surface area (Å²) in [5.41, 5.74) is 2.95. The average molecular weight is 312 g/mol. The first-order valence-electron chi connectivity index (χ1n) is 7.01. The van der Waals surface area contributed by atoms with E-state index < -0.39 is 0 Å². The number of aromatic nitrogens is 1. The van der Waals surface area contributed by atoms with E-state index in [1.165, 1.54) is 0 Å². The predicted octanol–water partition coefficient (Wildman–Crippen LogP) is 4.30. The number of nitrogens with zero attached hydrogens (tertiary/aromatic N) is 1. The highest BCUT2D eigenvalue weighted by atomic mass is 32.2. The number of rotatable bonds is 5. The number of nitro groups is 1. The van der Waals surface area contributed by atoms with Crippen molar-refractivity contribution >= 4 is 22.7 Å². The molecule has 0 unspecified atom stereocenters. The van der Waals surface area contributed by atoms with Gasteiger partial charge in [0.2, 0.25) is 6.54 Å². The summed E-state index contributed by atoms with van der Waals surface area (Å²) >= 11 is 1.66. The van der Waals surface area contributed by atoms with Gasteiger partial charge in [0.15, 0.2) is 0 Å². The zero-order valence-corrected chi connectivity index (χ0v) is 13.0. The molecule has 4 nitrogen and oxygen atoms in total. The minimum atomic E-state index is -0.248. The first-order valence-corrected chi connectivity index (χ1v) is 8.23. The monoisotopic (exact) mass is 312 g/mol. The van der Waals surface area contributed by atoms with E-state index in [9.17, 15) is 10.1 Å². The van der Waals surface area contributed by atoms with Gasteiger partial charge in [0, 0.05) is 26.9 Å². The average Bonchev–Trinajstić information content (AvgIpc) is 2.96. The Bertz CT molecular complexity index is 796. The Labute approximate surface area is 132 Å². The highest BCUT2D eigenvalue weighted by Gasteiger charge is 2.23. The summed E-state index contributed by atoms with van der Waals surface area (Å²) in [5, 5.41) is 12.2. The number of hydrogen-bond acceptors (Lipinski definition) is 3. The van der Waals surface area contributed by atoms with Gasteiger partial charge < -0.3 is 4.98 Å². The van der Waals surface area contributed by atoms with Crippen molar-refractivity contribution in [1.29, 1.82) is 0 Å². The molecule has 0 saturated carbocycles. The molecule has 0 aliphatic heterocycles. The van der Waals surface area contributed by atoms with E-state index in [1.807, 2.05) is 61.0 Å². The highest BCUT2D eigenvalue weighted by Crippen LogP contribution is 2.31. The minimum absolute atomic E-state index is 0.111. The third-order valence-electron chi connectivity index (χ3n) is 3.85. The predicted molar refractivity (Wildman–Crippen MR) is 90.2 cm³/mol. The van der Waals surface area contributed by atoms with Crippen LogP contribution in [0.15, 0.2) is 59.6 Å². The fourth-order valence-electron chi connectivity index (χ4n) is 2.75. The molecule has 2 aromatic carbocycles. The zero-order valence-electron chi connectivity index (χ0n) is 12.2. The van der Waals surface area contributed by atoms with Crippen molar-refractivity contribution in [3.05, 3.63) is 76.0 Å².